The highest BCUT2D eigenvalue weighted by molar-refractivity contribution is 6.12. The number of pyridine rings is 1. The minimum absolute atomic E-state index is 0.163. The van der Waals surface area contributed by atoms with Crippen LogP contribution in [0.3, 0.4) is 0 Å². The van der Waals surface area contributed by atoms with Gasteiger partial charge in [-0.3, -0.25) is 4.79 Å². The molecule has 1 saturated heterocycles. The van der Waals surface area contributed by atoms with E-state index < -0.39 is 6.09 Å². The van der Waals surface area contributed by atoms with Crippen LogP contribution in [0.4, 0.5) is 10.5 Å². The molecule has 24 heavy (non-hydrogen) atoms. The van der Waals surface area contributed by atoms with Crippen LogP contribution in [0.5, 0.6) is 0 Å². The number of nitrogens with one attached hydrogen (secondary N) is 2. The SMILES string of the molecule is O=C(c1c[nH]c2nccc(NC3CCN(C(=O)O)CC3)c12)C1CC1. The molecule has 1 aliphatic heterocycles. The van der Waals surface area contributed by atoms with Gasteiger partial charge >= 0.3 is 6.09 Å². The second-order valence-corrected chi connectivity index (χ2v) is 6.61. The molecule has 126 valence electrons. The Labute approximate surface area is 139 Å². The molecular formula is C17H20N4O3. The summed E-state index contributed by atoms with van der Waals surface area (Å²) < 4.78 is 0. The summed E-state index contributed by atoms with van der Waals surface area (Å²) in [6, 6.07) is 2.09. The van der Waals surface area contributed by atoms with Crippen molar-refractivity contribution in [2.24, 2.45) is 5.92 Å². The fourth-order valence-corrected chi connectivity index (χ4v) is 3.37. The van der Waals surface area contributed by atoms with Crippen molar-refractivity contribution in [3.8, 4) is 0 Å². The lowest BCUT2D eigenvalue weighted by Gasteiger charge is -2.31. The Hall–Kier alpha value is -2.57. The topological polar surface area (TPSA) is 98.3 Å². The maximum Gasteiger partial charge on any atom is 0.407 e. The van der Waals surface area contributed by atoms with Crippen LogP contribution in [0.1, 0.15) is 36.0 Å². The van der Waals surface area contributed by atoms with E-state index in [9.17, 15) is 9.59 Å². The number of aromatic amines is 1. The summed E-state index contributed by atoms with van der Waals surface area (Å²) in [6.45, 7) is 1.06. The van der Waals surface area contributed by atoms with E-state index in [0.717, 1.165) is 36.8 Å². The van der Waals surface area contributed by atoms with Gasteiger partial charge in [-0.05, 0) is 31.7 Å². The van der Waals surface area contributed by atoms with Crippen molar-refractivity contribution >= 4 is 28.6 Å². The van der Waals surface area contributed by atoms with Crippen molar-refractivity contribution in [2.45, 2.75) is 31.7 Å². The molecule has 4 rings (SSSR count). The quantitative estimate of drug-likeness (QED) is 0.750. The highest BCUT2D eigenvalue weighted by Gasteiger charge is 2.32. The first-order valence-electron chi connectivity index (χ1n) is 8.38. The summed E-state index contributed by atoms with van der Waals surface area (Å²) in [5.74, 6) is 0.355. The van der Waals surface area contributed by atoms with Crippen LogP contribution in [0.15, 0.2) is 18.5 Å². The molecule has 2 aromatic rings. The van der Waals surface area contributed by atoms with Gasteiger partial charge in [0.15, 0.2) is 5.78 Å². The van der Waals surface area contributed by atoms with Crippen LogP contribution >= 0.6 is 0 Å². The van der Waals surface area contributed by atoms with E-state index in [0.29, 0.717) is 24.3 Å². The number of H-pyrrole nitrogens is 1. The molecule has 7 heteroatoms. The van der Waals surface area contributed by atoms with Crippen molar-refractivity contribution < 1.29 is 14.7 Å². The zero-order valence-electron chi connectivity index (χ0n) is 13.3. The highest BCUT2D eigenvalue weighted by Crippen LogP contribution is 2.36. The Morgan fingerprint density at radius 2 is 2.00 bits per heavy atom. The molecule has 2 aromatic heterocycles. The molecule has 0 radical (unpaired) electrons. The van der Waals surface area contributed by atoms with E-state index in [1.165, 1.54) is 4.90 Å². The summed E-state index contributed by atoms with van der Waals surface area (Å²) in [5.41, 5.74) is 2.33. The Kier molecular flexibility index (Phi) is 3.63. The number of carbonyl (C=O) groups excluding carboxylic acids is 1. The normalized spacial score (nSPS) is 18.8. The molecule has 0 bridgehead atoms. The molecule has 3 heterocycles. The highest BCUT2D eigenvalue weighted by atomic mass is 16.4. The standard InChI is InChI=1S/C17H20N4O3/c22-15(10-1-2-10)12-9-19-16-14(12)13(3-6-18-16)20-11-4-7-21(8-5-11)17(23)24/h3,6,9-11H,1-2,4-5,7-8H2,(H,23,24)(H2,18,19,20). The van der Waals surface area contributed by atoms with E-state index in [-0.39, 0.29) is 17.7 Å². The number of amides is 1. The van der Waals surface area contributed by atoms with Gasteiger partial charge in [-0.2, -0.15) is 0 Å². The van der Waals surface area contributed by atoms with E-state index in [1.807, 2.05) is 6.07 Å². The number of ketones is 1. The number of nitrogens with zero attached hydrogens (tertiary/aromatic N) is 2. The number of rotatable bonds is 4. The van der Waals surface area contributed by atoms with Gasteiger partial charge < -0.3 is 20.3 Å². The monoisotopic (exact) mass is 328 g/mol. The fourth-order valence-electron chi connectivity index (χ4n) is 3.37. The van der Waals surface area contributed by atoms with Gasteiger partial charge in [-0.1, -0.05) is 0 Å². The van der Waals surface area contributed by atoms with Gasteiger partial charge in [0.2, 0.25) is 0 Å². The molecule has 0 atom stereocenters. The number of hydrogen-bond acceptors (Lipinski definition) is 4. The van der Waals surface area contributed by atoms with Gasteiger partial charge in [-0.25, -0.2) is 9.78 Å². The minimum Gasteiger partial charge on any atom is -0.465 e. The van der Waals surface area contributed by atoms with Gasteiger partial charge in [0.25, 0.3) is 0 Å². The van der Waals surface area contributed by atoms with Crippen LogP contribution in [0.25, 0.3) is 11.0 Å². The minimum atomic E-state index is -0.859. The van der Waals surface area contributed by atoms with Crippen LogP contribution in [0.2, 0.25) is 0 Å². The lowest BCUT2D eigenvalue weighted by atomic mass is 10.0. The number of likely N-dealkylation sites (tertiary alicyclic amines) is 1. The number of aromatic nitrogens is 2. The van der Waals surface area contributed by atoms with Crippen molar-refractivity contribution in [1.82, 2.24) is 14.9 Å². The van der Waals surface area contributed by atoms with Crippen LogP contribution < -0.4 is 5.32 Å². The first-order chi connectivity index (χ1) is 11.6. The molecule has 1 saturated carbocycles. The molecule has 0 unspecified atom stereocenters. The second-order valence-electron chi connectivity index (χ2n) is 6.61. The molecule has 2 aliphatic rings. The summed E-state index contributed by atoms with van der Waals surface area (Å²) in [4.78, 5) is 32.4. The van der Waals surface area contributed by atoms with E-state index in [2.05, 4.69) is 15.3 Å². The van der Waals surface area contributed by atoms with Gasteiger partial charge in [-0.15, -0.1) is 0 Å². The fraction of sp³-hybridized carbons (Fsp3) is 0.471. The largest absolute Gasteiger partial charge is 0.465 e. The average Bonchev–Trinajstić information content (AvgIpc) is 3.34. The molecule has 1 amide bonds. The third kappa shape index (κ3) is 2.70. The predicted molar refractivity (Wildman–Crippen MR) is 89.4 cm³/mol. The Bertz CT molecular complexity index is 788. The third-order valence-corrected chi connectivity index (χ3v) is 4.91. The molecular weight excluding hydrogens is 308 g/mol. The molecule has 2 fully saturated rings. The number of carbonyl (C=O) groups is 2. The Morgan fingerprint density at radius 1 is 1.25 bits per heavy atom. The molecule has 7 nitrogen and oxygen atoms in total. The van der Waals surface area contributed by atoms with E-state index in [4.69, 9.17) is 5.11 Å². The second kappa shape index (κ2) is 5.81. The van der Waals surface area contributed by atoms with Crippen LogP contribution in [-0.2, 0) is 0 Å². The van der Waals surface area contributed by atoms with Crippen molar-refractivity contribution in [3.63, 3.8) is 0 Å². The van der Waals surface area contributed by atoms with Gasteiger partial charge in [0, 0.05) is 48.7 Å². The predicted octanol–water partition coefficient (Wildman–Crippen LogP) is 2.71. The number of Topliss-reactive ketones (excluding diaryl/α,β-unsaturated/α-hetero) is 1. The molecule has 3 N–H and O–H groups in total. The van der Waals surface area contributed by atoms with Gasteiger partial charge in [0.05, 0.1) is 5.39 Å². The summed E-state index contributed by atoms with van der Waals surface area (Å²) in [6.07, 6.45) is 6.08. The lowest BCUT2D eigenvalue weighted by molar-refractivity contribution is 0.0969. The Balaban J connectivity index is 1.57. The van der Waals surface area contributed by atoms with Crippen LogP contribution in [-0.4, -0.2) is 51.0 Å². The maximum atomic E-state index is 12.5. The van der Waals surface area contributed by atoms with Crippen molar-refractivity contribution in [1.29, 1.82) is 0 Å². The summed E-state index contributed by atoms with van der Waals surface area (Å²) in [5, 5.41) is 13.4. The number of anilines is 1. The van der Waals surface area contributed by atoms with Gasteiger partial charge in [0.1, 0.15) is 5.65 Å². The lowest BCUT2D eigenvalue weighted by Crippen LogP contribution is -2.41. The number of carboxylic acid groups (broad SMARTS) is 1. The maximum absolute atomic E-state index is 12.5. The first-order valence-corrected chi connectivity index (χ1v) is 8.38. The summed E-state index contributed by atoms with van der Waals surface area (Å²) >= 11 is 0. The van der Waals surface area contributed by atoms with Crippen molar-refractivity contribution in [2.75, 3.05) is 18.4 Å². The van der Waals surface area contributed by atoms with E-state index in [1.54, 1.807) is 12.4 Å². The average molecular weight is 328 g/mol. The number of piperidine rings is 1. The molecule has 0 aromatic carbocycles. The molecule has 0 spiro atoms. The zero-order valence-corrected chi connectivity index (χ0v) is 13.3. The van der Waals surface area contributed by atoms with Crippen molar-refractivity contribution in [3.05, 3.63) is 24.0 Å². The Morgan fingerprint density at radius 3 is 2.67 bits per heavy atom. The van der Waals surface area contributed by atoms with E-state index >= 15 is 0 Å². The summed E-state index contributed by atoms with van der Waals surface area (Å²) in [7, 11) is 0. The third-order valence-electron chi connectivity index (χ3n) is 4.91. The smallest absolute Gasteiger partial charge is 0.407 e. The number of hydrogen-bond donors (Lipinski definition) is 3. The molecule has 1 aliphatic carbocycles. The van der Waals surface area contributed by atoms with Crippen LogP contribution in [0, 0.1) is 5.92 Å². The first kappa shape index (κ1) is 15.0. The number of fused-ring (bicyclic) bond motifs is 1. The zero-order chi connectivity index (χ0) is 16.7.